The Morgan fingerprint density at radius 2 is 0.600 bits per heavy atom. The molecule has 0 unspecified atom stereocenters. The van der Waals surface area contributed by atoms with Gasteiger partial charge in [-0.25, -0.2) is 0 Å². The predicted octanol–water partition coefficient (Wildman–Crippen LogP) is 21.0. The number of hydrogen-bond donors (Lipinski definition) is 0. The number of nitriles is 3. The van der Waals surface area contributed by atoms with Gasteiger partial charge in [0.1, 0.15) is 0 Å². The van der Waals surface area contributed by atoms with E-state index in [0.717, 1.165) is 105 Å². The Hall–Kier alpha value is -11.9. The first-order chi connectivity index (χ1) is 43.8. The minimum atomic E-state index is -4.67. The molecule has 16 aromatic rings. The number of nitrogens with zero attached hydrogens (tertiary/aromatic N) is 7. The number of alkyl halides is 3. The van der Waals surface area contributed by atoms with Crippen molar-refractivity contribution in [3.63, 3.8) is 0 Å². The molecule has 0 spiro atoms. The summed E-state index contributed by atoms with van der Waals surface area (Å²) in [6.45, 7) is 8.24. The highest BCUT2D eigenvalue weighted by Crippen LogP contribution is 2.47. The molecule has 4 aromatic heterocycles. The molecule has 0 saturated carbocycles. The van der Waals surface area contributed by atoms with E-state index < -0.39 is 11.7 Å². The molecule has 7 nitrogen and oxygen atoms in total. The van der Waals surface area contributed by atoms with Crippen LogP contribution in [0.25, 0.3) is 132 Å². The maximum atomic E-state index is 15.2. The van der Waals surface area contributed by atoms with Crippen LogP contribution in [0, 0.1) is 61.7 Å². The monoisotopic (exact) mass is 1170 g/mol. The molecular formula is C80H52F3N7. The minimum Gasteiger partial charge on any atom is -0.307 e. The van der Waals surface area contributed by atoms with Gasteiger partial charge in [-0.15, -0.1) is 0 Å². The highest BCUT2D eigenvalue weighted by molar-refractivity contribution is 6.14. The number of halogens is 3. The Morgan fingerprint density at radius 1 is 0.289 bits per heavy atom. The summed E-state index contributed by atoms with van der Waals surface area (Å²) in [7, 11) is 0. The number of para-hydroxylation sites is 4. The average Bonchev–Trinajstić information content (AvgIpc) is 2.72. The van der Waals surface area contributed by atoms with Gasteiger partial charge >= 0.3 is 6.18 Å². The second-order valence-electron chi connectivity index (χ2n) is 23.3. The van der Waals surface area contributed by atoms with Gasteiger partial charge < -0.3 is 18.3 Å². The molecule has 10 heteroatoms. The molecule has 0 radical (unpaired) electrons. The molecule has 0 aliphatic carbocycles. The summed E-state index contributed by atoms with van der Waals surface area (Å²) in [4.78, 5) is 0. The fourth-order valence-corrected chi connectivity index (χ4v) is 13.5. The smallest absolute Gasteiger partial charge is 0.307 e. The lowest BCUT2D eigenvalue weighted by atomic mass is 9.95. The van der Waals surface area contributed by atoms with Crippen molar-refractivity contribution in [2.75, 3.05) is 0 Å². The van der Waals surface area contributed by atoms with E-state index in [-0.39, 0.29) is 5.56 Å². The van der Waals surface area contributed by atoms with Gasteiger partial charge in [0, 0.05) is 48.7 Å². The number of hydrogen-bond acceptors (Lipinski definition) is 3. The lowest BCUT2D eigenvalue weighted by molar-refractivity contribution is -0.137. The highest BCUT2D eigenvalue weighted by Gasteiger charge is 2.36. The summed E-state index contributed by atoms with van der Waals surface area (Å²) in [5, 5.41) is 38.5. The fraction of sp³-hybridized carbons (Fsp3) is 0.0625. The van der Waals surface area contributed by atoms with Crippen molar-refractivity contribution in [1.82, 2.24) is 18.3 Å². The van der Waals surface area contributed by atoms with Crippen LogP contribution in [0.3, 0.4) is 0 Å². The van der Waals surface area contributed by atoms with Gasteiger partial charge in [-0.2, -0.15) is 29.0 Å². The fourth-order valence-electron chi connectivity index (χ4n) is 13.5. The van der Waals surface area contributed by atoms with E-state index >= 15 is 13.2 Å². The normalized spacial score (nSPS) is 11.7. The molecule has 0 amide bonds. The molecule has 4 heterocycles. The Kier molecular flexibility index (Phi) is 12.9. The zero-order valence-corrected chi connectivity index (χ0v) is 49.4. The van der Waals surface area contributed by atoms with E-state index in [1.807, 2.05) is 109 Å². The zero-order valence-electron chi connectivity index (χ0n) is 49.4. The van der Waals surface area contributed by atoms with Crippen LogP contribution in [0.15, 0.2) is 243 Å². The van der Waals surface area contributed by atoms with E-state index in [1.165, 1.54) is 39.4 Å². The van der Waals surface area contributed by atoms with Crippen LogP contribution >= 0.6 is 0 Å². The van der Waals surface area contributed by atoms with Gasteiger partial charge in [-0.3, -0.25) is 0 Å². The molecule has 0 fully saturated rings. The maximum absolute atomic E-state index is 15.2. The van der Waals surface area contributed by atoms with Crippen molar-refractivity contribution in [2.45, 2.75) is 33.9 Å². The Bertz CT molecular complexity index is 5830. The molecule has 0 aliphatic rings. The third-order valence-corrected chi connectivity index (χ3v) is 17.5. The maximum Gasteiger partial charge on any atom is 0.417 e. The molecule has 0 saturated heterocycles. The first-order valence-corrected chi connectivity index (χ1v) is 29.6. The van der Waals surface area contributed by atoms with Crippen molar-refractivity contribution in [3.05, 3.63) is 287 Å². The molecule has 0 bridgehead atoms. The van der Waals surface area contributed by atoms with Crippen molar-refractivity contribution < 1.29 is 13.2 Å². The zero-order chi connectivity index (χ0) is 61.7. The molecule has 0 atom stereocenters. The largest absolute Gasteiger partial charge is 0.417 e. The minimum absolute atomic E-state index is 0.0129. The van der Waals surface area contributed by atoms with Gasteiger partial charge in [-0.05, 0) is 164 Å². The Labute approximate surface area is 516 Å². The van der Waals surface area contributed by atoms with Crippen LogP contribution in [0.2, 0.25) is 0 Å². The lowest BCUT2D eigenvalue weighted by Gasteiger charge is -2.22. The van der Waals surface area contributed by atoms with E-state index in [0.29, 0.717) is 33.6 Å². The van der Waals surface area contributed by atoms with Gasteiger partial charge in [-0.1, -0.05) is 146 Å². The quantitative estimate of drug-likeness (QED) is 0.166. The SMILES string of the molecule is Cc1ccc2c3ccccc3n(-c3cc(-c4cccc(C#N)c4)c(C(F)(F)F)cc3-n3c4ccccc4c4ccc(C)cc43)c2c1.Cc1ccc2c3ccccc3n(-c3cc(C#N)c(-c4cccc(C#N)c4)cc3-n3c4ccccc4c4ccc(C)cc43)c2c1. The lowest BCUT2D eigenvalue weighted by Crippen LogP contribution is -2.12. The van der Waals surface area contributed by atoms with E-state index in [9.17, 15) is 15.8 Å². The van der Waals surface area contributed by atoms with E-state index in [2.05, 4.69) is 155 Å². The van der Waals surface area contributed by atoms with Crippen LogP contribution in [0.4, 0.5) is 13.2 Å². The van der Waals surface area contributed by atoms with Crippen molar-refractivity contribution >= 4 is 87.2 Å². The van der Waals surface area contributed by atoms with Gasteiger partial charge in [0.2, 0.25) is 0 Å². The molecular weight excluding hydrogens is 1120 g/mol. The van der Waals surface area contributed by atoms with E-state index in [4.69, 9.17) is 0 Å². The number of aryl methyl sites for hydroxylation is 4. The van der Waals surface area contributed by atoms with Crippen molar-refractivity contribution in [3.8, 4) is 63.2 Å². The first kappa shape index (κ1) is 54.7. The molecule has 0 aliphatic heterocycles. The Morgan fingerprint density at radius 3 is 0.944 bits per heavy atom. The van der Waals surface area contributed by atoms with E-state index in [1.54, 1.807) is 30.3 Å². The van der Waals surface area contributed by atoms with Crippen LogP contribution in [-0.2, 0) is 6.18 Å². The summed E-state index contributed by atoms with van der Waals surface area (Å²) in [6.07, 6.45) is -4.67. The Balaban J connectivity index is 0.000000150. The van der Waals surface area contributed by atoms with Gasteiger partial charge in [0.05, 0.1) is 107 Å². The third kappa shape index (κ3) is 8.86. The average molecular weight is 1170 g/mol. The number of fused-ring (bicyclic) bond motifs is 12. The first-order valence-electron chi connectivity index (χ1n) is 29.6. The summed E-state index contributed by atoms with van der Waals surface area (Å²) in [5.41, 5.74) is 17.7. The standard InChI is InChI=1S/C40H26F3N3.C40H26N4/c1-24-14-16-30-28-10-3-5-12-34(28)45(36(30)18-24)38-21-32(27-9-7-8-26(20-27)23-44)33(40(41,42)43)22-39(38)46-35-13-6-4-11-29(35)31-17-15-25(2)19-37(31)46;1-25-14-16-32-30-10-3-5-12-35(30)43(37(32)18-25)39-21-29(24-42)34(28-9-7-8-27(20-28)23-41)22-40(39)44-36-13-6-4-11-31(36)33-17-15-26(2)19-38(33)44/h3-22H,1-2H3;3-22H,1-2H3. The molecule has 0 N–H and O–H groups in total. The molecule has 12 aromatic carbocycles. The number of aromatic nitrogens is 4. The summed E-state index contributed by atoms with van der Waals surface area (Å²) in [5.74, 6) is 0. The van der Waals surface area contributed by atoms with Crippen molar-refractivity contribution in [1.29, 1.82) is 15.8 Å². The van der Waals surface area contributed by atoms with Crippen LogP contribution in [0.1, 0.15) is 44.5 Å². The molecule has 90 heavy (non-hydrogen) atoms. The van der Waals surface area contributed by atoms with Gasteiger partial charge in [0.15, 0.2) is 0 Å². The van der Waals surface area contributed by atoms with Crippen LogP contribution < -0.4 is 0 Å². The van der Waals surface area contributed by atoms with Crippen LogP contribution in [-0.4, -0.2) is 18.3 Å². The number of benzene rings is 12. The topological polar surface area (TPSA) is 91.1 Å². The predicted molar refractivity (Wildman–Crippen MR) is 359 cm³/mol. The second-order valence-corrected chi connectivity index (χ2v) is 23.3. The summed E-state index contributed by atoms with van der Waals surface area (Å²) in [6, 6.07) is 86.1. The summed E-state index contributed by atoms with van der Waals surface area (Å²) >= 11 is 0. The number of rotatable bonds is 6. The van der Waals surface area contributed by atoms with Crippen LogP contribution in [0.5, 0.6) is 0 Å². The molecule has 428 valence electrons. The van der Waals surface area contributed by atoms with Crippen molar-refractivity contribution in [2.24, 2.45) is 0 Å². The summed E-state index contributed by atoms with van der Waals surface area (Å²) < 4.78 is 54.2. The molecule has 16 rings (SSSR count). The highest BCUT2D eigenvalue weighted by atomic mass is 19.4. The third-order valence-electron chi connectivity index (χ3n) is 17.5. The second kappa shape index (κ2) is 21.2. The van der Waals surface area contributed by atoms with Gasteiger partial charge in [0.25, 0.3) is 0 Å².